The van der Waals surface area contributed by atoms with Crippen molar-refractivity contribution >= 4 is 15.7 Å². The van der Waals surface area contributed by atoms with Gasteiger partial charge >= 0.3 is 0 Å². The topological polar surface area (TPSA) is 66.4 Å². The molecule has 0 unspecified atom stereocenters. The maximum Gasteiger partial charge on any atom is 0.233 e. The van der Waals surface area contributed by atoms with Crippen LogP contribution >= 0.6 is 0 Å². The van der Waals surface area contributed by atoms with E-state index in [9.17, 15) is 13.5 Å². The van der Waals surface area contributed by atoms with Gasteiger partial charge in [-0.2, -0.15) is 0 Å². The van der Waals surface area contributed by atoms with Gasteiger partial charge in [-0.1, -0.05) is 36.4 Å². The zero-order valence-electron chi connectivity index (χ0n) is 12.1. The minimum absolute atomic E-state index is 0.0242. The van der Waals surface area contributed by atoms with Crippen LogP contribution in [0.15, 0.2) is 42.5 Å². The van der Waals surface area contributed by atoms with E-state index in [4.69, 9.17) is 0 Å². The Morgan fingerprint density at radius 2 is 1.76 bits per heavy atom. The quantitative estimate of drug-likeness (QED) is 0.835. The van der Waals surface area contributed by atoms with Crippen molar-refractivity contribution in [3.05, 3.63) is 59.2 Å². The number of nitrogens with one attached hydrogen (secondary N) is 1. The molecule has 0 fully saturated rings. The Balaban J connectivity index is 2.11. The SMILES string of the molecule is Cc1cc(C)c(O)c(NS(=O)(=O)CCc2ccccc2)c1. The number of sulfonamides is 1. The van der Waals surface area contributed by atoms with Crippen molar-refractivity contribution in [2.45, 2.75) is 20.3 Å². The van der Waals surface area contributed by atoms with Crippen molar-refractivity contribution in [2.75, 3.05) is 10.5 Å². The zero-order valence-corrected chi connectivity index (χ0v) is 12.9. The van der Waals surface area contributed by atoms with Gasteiger partial charge in [0.25, 0.3) is 0 Å². The van der Waals surface area contributed by atoms with Gasteiger partial charge in [0.15, 0.2) is 0 Å². The van der Waals surface area contributed by atoms with Crippen LogP contribution < -0.4 is 4.72 Å². The Morgan fingerprint density at radius 3 is 2.43 bits per heavy atom. The van der Waals surface area contributed by atoms with Crippen LogP contribution in [0, 0.1) is 13.8 Å². The molecule has 5 heteroatoms. The number of hydrogen-bond acceptors (Lipinski definition) is 3. The lowest BCUT2D eigenvalue weighted by Crippen LogP contribution is -2.18. The van der Waals surface area contributed by atoms with E-state index >= 15 is 0 Å². The van der Waals surface area contributed by atoms with E-state index < -0.39 is 10.0 Å². The molecule has 0 aliphatic carbocycles. The second-order valence-corrected chi connectivity index (χ2v) is 6.98. The highest BCUT2D eigenvalue weighted by Crippen LogP contribution is 2.29. The minimum atomic E-state index is -3.50. The lowest BCUT2D eigenvalue weighted by atomic mass is 10.1. The zero-order chi connectivity index (χ0) is 15.5. The molecule has 112 valence electrons. The van der Waals surface area contributed by atoms with Crippen LogP contribution in [0.25, 0.3) is 0 Å². The molecule has 0 amide bonds. The van der Waals surface area contributed by atoms with E-state index in [1.54, 1.807) is 19.1 Å². The lowest BCUT2D eigenvalue weighted by Gasteiger charge is -2.12. The predicted molar refractivity (Wildman–Crippen MR) is 85.1 cm³/mol. The molecule has 2 rings (SSSR count). The van der Waals surface area contributed by atoms with Crippen LogP contribution in [0.1, 0.15) is 16.7 Å². The number of anilines is 1. The third-order valence-corrected chi connectivity index (χ3v) is 4.49. The first-order chi connectivity index (χ1) is 9.87. The van der Waals surface area contributed by atoms with E-state index in [0.717, 1.165) is 11.1 Å². The van der Waals surface area contributed by atoms with Gasteiger partial charge in [0.2, 0.25) is 10.0 Å². The van der Waals surface area contributed by atoms with E-state index in [1.165, 1.54) is 0 Å². The molecule has 0 spiro atoms. The van der Waals surface area contributed by atoms with Gasteiger partial charge in [0, 0.05) is 0 Å². The summed E-state index contributed by atoms with van der Waals surface area (Å²) >= 11 is 0. The molecule has 0 atom stereocenters. The average molecular weight is 305 g/mol. The van der Waals surface area contributed by atoms with E-state index in [1.807, 2.05) is 37.3 Å². The monoisotopic (exact) mass is 305 g/mol. The number of hydrogen-bond donors (Lipinski definition) is 2. The van der Waals surface area contributed by atoms with Crippen LogP contribution in [0.5, 0.6) is 5.75 Å². The summed E-state index contributed by atoms with van der Waals surface area (Å²) in [6.07, 6.45) is 0.432. The maximum atomic E-state index is 12.1. The molecule has 0 heterocycles. The third-order valence-electron chi connectivity index (χ3n) is 3.21. The molecule has 2 aromatic carbocycles. The lowest BCUT2D eigenvalue weighted by molar-refractivity contribution is 0.473. The summed E-state index contributed by atoms with van der Waals surface area (Å²) in [5.41, 5.74) is 2.75. The summed E-state index contributed by atoms with van der Waals surface area (Å²) in [5, 5.41) is 9.94. The van der Waals surface area contributed by atoms with E-state index in [0.29, 0.717) is 12.0 Å². The summed E-state index contributed by atoms with van der Waals surface area (Å²) in [7, 11) is -3.50. The van der Waals surface area contributed by atoms with E-state index in [2.05, 4.69) is 4.72 Å². The molecule has 0 saturated heterocycles. The van der Waals surface area contributed by atoms with Gasteiger partial charge in [-0.05, 0) is 43.0 Å². The van der Waals surface area contributed by atoms with Gasteiger partial charge < -0.3 is 5.11 Å². The van der Waals surface area contributed by atoms with Gasteiger partial charge in [-0.15, -0.1) is 0 Å². The number of benzene rings is 2. The molecule has 2 N–H and O–H groups in total. The highest BCUT2D eigenvalue weighted by Gasteiger charge is 2.14. The van der Waals surface area contributed by atoms with Crippen LogP contribution in [0.2, 0.25) is 0 Å². The van der Waals surface area contributed by atoms with Crippen molar-refractivity contribution in [2.24, 2.45) is 0 Å². The first kappa shape index (κ1) is 15.4. The molecule has 0 aliphatic rings. The highest BCUT2D eigenvalue weighted by molar-refractivity contribution is 7.92. The summed E-state index contributed by atoms with van der Waals surface area (Å²) in [6, 6.07) is 12.9. The fourth-order valence-electron chi connectivity index (χ4n) is 2.15. The van der Waals surface area contributed by atoms with Crippen LogP contribution in [0.3, 0.4) is 0 Å². The standard InChI is InChI=1S/C16H19NO3S/c1-12-10-13(2)16(18)15(11-12)17-21(19,20)9-8-14-6-4-3-5-7-14/h3-7,10-11,17-18H,8-9H2,1-2H3. The summed E-state index contributed by atoms with van der Waals surface area (Å²) in [4.78, 5) is 0. The van der Waals surface area contributed by atoms with Crippen molar-refractivity contribution in [1.29, 1.82) is 0 Å². The number of rotatable bonds is 5. The van der Waals surface area contributed by atoms with Gasteiger partial charge in [-0.25, -0.2) is 8.42 Å². The first-order valence-corrected chi connectivity index (χ1v) is 8.37. The Kier molecular flexibility index (Phi) is 4.53. The van der Waals surface area contributed by atoms with Crippen molar-refractivity contribution < 1.29 is 13.5 Å². The molecule has 2 aromatic rings. The molecule has 0 aliphatic heterocycles. The van der Waals surface area contributed by atoms with Crippen molar-refractivity contribution in [3.63, 3.8) is 0 Å². The molecule has 0 bridgehead atoms. The van der Waals surface area contributed by atoms with Gasteiger partial charge in [-0.3, -0.25) is 4.72 Å². The molecular formula is C16H19NO3S. The Hall–Kier alpha value is -2.01. The second-order valence-electron chi connectivity index (χ2n) is 5.13. The Bertz CT molecular complexity index is 725. The Morgan fingerprint density at radius 1 is 1.10 bits per heavy atom. The molecule has 4 nitrogen and oxygen atoms in total. The largest absolute Gasteiger partial charge is 0.505 e. The van der Waals surface area contributed by atoms with Crippen molar-refractivity contribution in [1.82, 2.24) is 0 Å². The van der Waals surface area contributed by atoms with Crippen molar-refractivity contribution in [3.8, 4) is 5.75 Å². The molecule has 0 radical (unpaired) electrons. The van der Waals surface area contributed by atoms with Gasteiger partial charge in [0.05, 0.1) is 11.4 Å². The second kappa shape index (κ2) is 6.18. The van der Waals surface area contributed by atoms with Crippen LogP contribution in [-0.4, -0.2) is 19.3 Å². The summed E-state index contributed by atoms with van der Waals surface area (Å²) in [5.74, 6) is -0.0485. The molecular weight excluding hydrogens is 286 g/mol. The van der Waals surface area contributed by atoms with Crippen LogP contribution in [-0.2, 0) is 16.4 Å². The fourth-order valence-corrected chi connectivity index (χ4v) is 3.25. The third kappa shape index (κ3) is 4.23. The van der Waals surface area contributed by atoms with Crippen LogP contribution in [0.4, 0.5) is 5.69 Å². The predicted octanol–water partition coefficient (Wildman–Crippen LogP) is 2.99. The highest BCUT2D eigenvalue weighted by atomic mass is 32.2. The summed E-state index contributed by atoms with van der Waals surface area (Å²) in [6.45, 7) is 3.60. The first-order valence-electron chi connectivity index (χ1n) is 6.72. The normalized spacial score (nSPS) is 11.3. The maximum absolute atomic E-state index is 12.1. The number of aromatic hydroxyl groups is 1. The minimum Gasteiger partial charge on any atom is -0.505 e. The number of phenolic OH excluding ortho intramolecular Hbond substituents is 1. The summed E-state index contributed by atoms with van der Waals surface area (Å²) < 4.78 is 26.7. The number of aryl methyl sites for hydroxylation is 3. The molecule has 21 heavy (non-hydrogen) atoms. The fraction of sp³-hybridized carbons (Fsp3) is 0.250. The number of phenols is 1. The average Bonchev–Trinajstić information content (AvgIpc) is 2.43. The van der Waals surface area contributed by atoms with E-state index in [-0.39, 0.29) is 17.2 Å². The smallest absolute Gasteiger partial charge is 0.233 e. The van der Waals surface area contributed by atoms with Gasteiger partial charge in [0.1, 0.15) is 5.75 Å². The molecule has 0 saturated carbocycles. The Labute approximate surface area is 125 Å². The molecule has 0 aromatic heterocycles.